The normalized spacial score (nSPS) is 31.0. The number of rotatable bonds is 6. The fourth-order valence-electron chi connectivity index (χ4n) is 3.99. The van der Waals surface area contributed by atoms with Gasteiger partial charge in [0.05, 0.1) is 31.7 Å². The largest absolute Gasteiger partial charge is 0.472 e. The number of nitrogens with one attached hydrogen (secondary N) is 1. The van der Waals surface area contributed by atoms with E-state index >= 15 is 0 Å². The summed E-state index contributed by atoms with van der Waals surface area (Å²) in [7, 11) is 0. The highest BCUT2D eigenvalue weighted by Gasteiger charge is 2.41. The van der Waals surface area contributed by atoms with Crippen molar-refractivity contribution in [3.05, 3.63) is 24.2 Å². The third-order valence-electron chi connectivity index (χ3n) is 5.54. The zero-order valence-electron chi connectivity index (χ0n) is 13.6. The summed E-state index contributed by atoms with van der Waals surface area (Å²) in [6.45, 7) is 4.75. The van der Waals surface area contributed by atoms with Crippen LogP contribution in [0.25, 0.3) is 0 Å². The molecule has 4 rings (SSSR count). The molecule has 0 unspecified atom stereocenters. The van der Waals surface area contributed by atoms with E-state index in [2.05, 4.69) is 10.2 Å². The van der Waals surface area contributed by atoms with Crippen LogP contribution >= 0.6 is 0 Å². The minimum atomic E-state index is 0.121. The van der Waals surface area contributed by atoms with Gasteiger partial charge in [0, 0.05) is 31.1 Å². The Labute approximate surface area is 137 Å². The van der Waals surface area contributed by atoms with Crippen molar-refractivity contribution in [2.45, 2.75) is 38.3 Å². The number of carbonyl (C=O) groups is 1. The summed E-state index contributed by atoms with van der Waals surface area (Å²) in [4.78, 5) is 14.5. The average molecular weight is 318 g/mol. The maximum atomic E-state index is 12.1. The van der Waals surface area contributed by atoms with Crippen molar-refractivity contribution in [3.63, 3.8) is 0 Å². The standard InChI is InChI=1S/C18H26N2O3/c21-18(19-8-13-1-2-13)7-17-16-3-5-20(10-15(16)12-23-17)9-14-4-6-22-11-14/h4,6,11,13,15-17H,1-3,5,7-10,12H2,(H,19,21)/t15-,16-,17+/m1/s1. The molecule has 1 aromatic heterocycles. The number of likely N-dealkylation sites (tertiary alicyclic amines) is 1. The van der Waals surface area contributed by atoms with E-state index in [9.17, 15) is 4.79 Å². The molecular formula is C18H26N2O3. The molecule has 5 nitrogen and oxygen atoms in total. The predicted molar refractivity (Wildman–Crippen MR) is 85.7 cm³/mol. The zero-order chi connectivity index (χ0) is 15.6. The fourth-order valence-corrected chi connectivity index (χ4v) is 3.99. The molecular weight excluding hydrogens is 292 g/mol. The summed E-state index contributed by atoms with van der Waals surface area (Å²) >= 11 is 0. The van der Waals surface area contributed by atoms with E-state index in [0.29, 0.717) is 18.3 Å². The summed E-state index contributed by atoms with van der Waals surface area (Å²) < 4.78 is 11.1. The molecule has 1 N–H and O–H groups in total. The monoisotopic (exact) mass is 318 g/mol. The van der Waals surface area contributed by atoms with Crippen LogP contribution in [0.2, 0.25) is 0 Å². The smallest absolute Gasteiger partial charge is 0.222 e. The summed E-state index contributed by atoms with van der Waals surface area (Å²) in [6.07, 6.45) is 7.89. The number of furan rings is 1. The van der Waals surface area contributed by atoms with Crippen LogP contribution in [0.15, 0.2) is 23.0 Å². The van der Waals surface area contributed by atoms with Crippen molar-refractivity contribution >= 4 is 5.91 Å². The van der Waals surface area contributed by atoms with E-state index < -0.39 is 0 Å². The Hall–Kier alpha value is -1.33. The Balaban J connectivity index is 1.25. The number of hydrogen-bond acceptors (Lipinski definition) is 4. The van der Waals surface area contributed by atoms with Crippen molar-refractivity contribution in [1.82, 2.24) is 10.2 Å². The van der Waals surface area contributed by atoms with Gasteiger partial charge in [-0.2, -0.15) is 0 Å². The van der Waals surface area contributed by atoms with Gasteiger partial charge in [0.15, 0.2) is 0 Å². The molecule has 126 valence electrons. The lowest BCUT2D eigenvalue weighted by molar-refractivity contribution is -0.123. The number of ether oxygens (including phenoxy) is 1. The Morgan fingerprint density at radius 3 is 3.04 bits per heavy atom. The number of nitrogens with zero attached hydrogens (tertiary/aromatic N) is 1. The van der Waals surface area contributed by atoms with Crippen LogP contribution in [0, 0.1) is 17.8 Å². The first-order chi connectivity index (χ1) is 11.3. The fraction of sp³-hybridized carbons (Fsp3) is 0.722. The molecule has 3 heterocycles. The van der Waals surface area contributed by atoms with Crippen LogP contribution in [0.3, 0.4) is 0 Å². The molecule has 5 heteroatoms. The molecule has 2 saturated heterocycles. The first kappa shape index (κ1) is 15.2. The average Bonchev–Trinajstić information content (AvgIpc) is 3.10. The van der Waals surface area contributed by atoms with Gasteiger partial charge in [-0.05, 0) is 43.7 Å². The van der Waals surface area contributed by atoms with Gasteiger partial charge < -0.3 is 14.5 Å². The topological polar surface area (TPSA) is 54.7 Å². The molecule has 1 aliphatic carbocycles. The van der Waals surface area contributed by atoms with Gasteiger partial charge in [-0.3, -0.25) is 9.69 Å². The highest BCUT2D eigenvalue weighted by Crippen LogP contribution is 2.36. The molecule has 3 atom stereocenters. The summed E-state index contributed by atoms with van der Waals surface area (Å²) in [5, 5.41) is 3.07. The minimum absolute atomic E-state index is 0.121. The lowest BCUT2D eigenvalue weighted by atomic mass is 9.83. The molecule has 0 radical (unpaired) electrons. The lowest BCUT2D eigenvalue weighted by Gasteiger charge is -2.35. The van der Waals surface area contributed by atoms with Gasteiger partial charge in [0.2, 0.25) is 5.91 Å². The molecule has 0 bridgehead atoms. The van der Waals surface area contributed by atoms with E-state index in [0.717, 1.165) is 45.1 Å². The molecule has 1 aromatic rings. The second-order valence-electron chi connectivity index (χ2n) is 7.40. The lowest BCUT2D eigenvalue weighted by Crippen LogP contribution is -2.42. The molecule has 3 fully saturated rings. The van der Waals surface area contributed by atoms with Crippen LogP contribution in [0.5, 0.6) is 0 Å². The first-order valence-corrected chi connectivity index (χ1v) is 8.89. The number of piperidine rings is 1. The molecule has 3 aliphatic rings. The van der Waals surface area contributed by atoms with E-state index in [4.69, 9.17) is 9.15 Å². The molecule has 0 aromatic carbocycles. The maximum Gasteiger partial charge on any atom is 0.222 e. The van der Waals surface area contributed by atoms with Crippen LogP contribution in [-0.4, -0.2) is 43.2 Å². The van der Waals surface area contributed by atoms with Crippen LogP contribution in [0.1, 0.15) is 31.2 Å². The van der Waals surface area contributed by atoms with Crippen molar-refractivity contribution < 1.29 is 13.9 Å². The molecule has 1 amide bonds. The van der Waals surface area contributed by atoms with E-state index in [1.807, 2.05) is 12.3 Å². The summed E-state index contributed by atoms with van der Waals surface area (Å²) in [6, 6.07) is 2.03. The van der Waals surface area contributed by atoms with E-state index in [-0.39, 0.29) is 12.0 Å². The van der Waals surface area contributed by atoms with Crippen LogP contribution < -0.4 is 5.32 Å². The Morgan fingerprint density at radius 2 is 2.26 bits per heavy atom. The highest BCUT2D eigenvalue weighted by atomic mass is 16.5. The van der Waals surface area contributed by atoms with Crippen molar-refractivity contribution in [3.8, 4) is 0 Å². The van der Waals surface area contributed by atoms with Crippen molar-refractivity contribution in [1.29, 1.82) is 0 Å². The first-order valence-electron chi connectivity index (χ1n) is 8.89. The number of hydrogen-bond donors (Lipinski definition) is 1. The SMILES string of the molecule is O=C(C[C@@H]1OC[C@H]2CN(Cc3ccoc3)CC[C@H]21)NCC1CC1. The molecule has 2 aliphatic heterocycles. The van der Waals surface area contributed by atoms with Gasteiger partial charge in [0.1, 0.15) is 0 Å². The zero-order valence-corrected chi connectivity index (χ0v) is 13.6. The summed E-state index contributed by atoms with van der Waals surface area (Å²) in [5.41, 5.74) is 1.23. The number of carbonyl (C=O) groups excluding carboxylic acids is 1. The van der Waals surface area contributed by atoms with Gasteiger partial charge in [-0.15, -0.1) is 0 Å². The van der Waals surface area contributed by atoms with Gasteiger partial charge in [-0.25, -0.2) is 0 Å². The van der Waals surface area contributed by atoms with E-state index in [1.54, 1.807) is 6.26 Å². The van der Waals surface area contributed by atoms with Crippen LogP contribution in [0.4, 0.5) is 0 Å². The third-order valence-corrected chi connectivity index (χ3v) is 5.54. The quantitative estimate of drug-likeness (QED) is 0.872. The Morgan fingerprint density at radius 1 is 1.35 bits per heavy atom. The summed E-state index contributed by atoms with van der Waals surface area (Å²) in [5.74, 6) is 2.02. The number of amides is 1. The van der Waals surface area contributed by atoms with Crippen molar-refractivity contribution in [2.24, 2.45) is 17.8 Å². The predicted octanol–water partition coefficient (Wildman–Crippen LogP) is 2.03. The van der Waals surface area contributed by atoms with Gasteiger partial charge >= 0.3 is 0 Å². The second kappa shape index (κ2) is 6.65. The van der Waals surface area contributed by atoms with Crippen molar-refractivity contribution in [2.75, 3.05) is 26.2 Å². The highest BCUT2D eigenvalue weighted by molar-refractivity contribution is 5.76. The molecule has 1 saturated carbocycles. The van der Waals surface area contributed by atoms with Gasteiger partial charge in [0.25, 0.3) is 0 Å². The second-order valence-corrected chi connectivity index (χ2v) is 7.40. The minimum Gasteiger partial charge on any atom is -0.472 e. The third kappa shape index (κ3) is 3.78. The number of fused-ring (bicyclic) bond motifs is 1. The maximum absolute atomic E-state index is 12.1. The molecule has 0 spiro atoms. The Bertz CT molecular complexity index is 526. The Kier molecular flexibility index (Phi) is 4.40. The molecule has 23 heavy (non-hydrogen) atoms. The van der Waals surface area contributed by atoms with E-state index in [1.165, 1.54) is 18.4 Å². The van der Waals surface area contributed by atoms with Gasteiger partial charge in [-0.1, -0.05) is 0 Å². The van der Waals surface area contributed by atoms with Crippen LogP contribution in [-0.2, 0) is 16.1 Å².